The topological polar surface area (TPSA) is 171 Å². The van der Waals surface area contributed by atoms with E-state index in [0.717, 1.165) is 13.0 Å². The molecule has 0 spiro atoms. The molecule has 1 saturated heterocycles. The zero-order chi connectivity index (χ0) is 19.5. The van der Waals surface area contributed by atoms with Crippen LogP contribution in [0.3, 0.4) is 0 Å². The zero-order valence-corrected chi connectivity index (χ0v) is 14.7. The lowest BCUT2D eigenvalue weighted by Crippen LogP contribution is -2.54. The Labute approximate surface area is 151 Å². The molecule has 0 saturated carbocycles. The fourth-order valence-corrected chi connectivity index (χ4v) is 2.74. The second-order valence-corrected chi connectivity index (χ2v) is 6.33. The van der Waals surface area contributed by atoms with Crippen molar-refractivity contribution in [3.8, 4) is 0 Å². The number of nitrogens with two attached hydrogens (primary N) is 1. The molecule has 7 N–H and O–H groups in total. The van der Waals surface area contributed by atoms with Crippen molar-refractivity contribution in [2.24, 2.45) is 5.73 Å². The van der Waals surface area contributed by atoms with Crippen molar-refractivity contribution in [1.82, 2.24) is 16.0 Å². The number of carbonyl (C=O) groups excluding carboxylic acids is 2. The molecule has 0 radical (unpaired) electrons. The number of nitrogens with one attached hydrogen (secondary N) is 3. The minimum absolute atomic E-state index is 0.232. The molecular weight excluding hydrogens is 344 g/mol. The van der Waals surface area contributed by atoms with Gasteiger partial charge in [-0.3, -0.25) is 14.4 Å². The normalized spacial score (nSPS) is 18.7. The highest BCUT2D eigenvalue weighted by Crippen LogP contribution is 2.08. The molecule has 0 aromatic heterocycles. The van der Waals surface area contributed by atoms with E-state index in [-0.39, 0.29) is 24.8 Å². The van der Waals surface area contributed by atoms with Crippen LogP contribution in [0.15, 0.2) is 0 Å². The monoisotopic (exact) mass is 372 g/mol. The number of unbranched alkanes of at least 4 members (excludes halogenated alkanes) is 1. The molecule has 2 amide bonds. The molecule has 1 aliphatic rings. The van der Waals surface area contributed by atoms with E-state index < -0.39 is 29.9 Å². The minimum atomic E-state index is -1.32. The fourth-order valence-electron chi connectivity index (χ4n) is 2.74. The molecule has 1 rings (SSSR count). The van der Waals surface area contributed by atoms with Crippen molar-refractivity contribution in [1.29, 1.82) is 0 Å². The molecule has 0 aromatic carbocycles. The van der Waals surface area contributed by atoms with Crippen molar-refractivity contribution < 1.29 is 29.4 Å². The summed E-state index contributed by atoms with van der Waals surface area (Å²) >= 11 is 0. The van der Waals surface area contributed by atoms with Crippen LogP contribution in [0.5, 0.6) is 0 Å². The molecule has 1 aliphatic heterocycles. The highest BCUT2D eigenvalue weighted by molar-refractivity contribution is 5.92. The van der Waals surface area contributed by atoms with Crippen LogP contribution in [0.1, 0.15) is 44.9 Å². The average Bonchev–Trinajstić information content (AvgIpc) is 3.11. The molecule has 0 aliphatic carbocycles. The van der Waals surface area contributed by atoms with E-state index in [1.165, 1.54) is 0 Å². The number of carboxylic acid groups (broad SMARTS) is 2. The van der Waals surface area contributed by atoms with Crippen molar-refractivity contribution in [3.05, 3.63) is 0 Å². The van der Waals surface area contributed by atoms with Gasteiger partial charge < -0.3 is 31.9 Å². The Bertz CT molecular complexity index is 507. The van der Waals surface area contributed by atoms with Gasteiger partial charge in [-0.25, -0.2) is 4.79 Å². The van der Waals surface area contributed by atoms with Gasteiger partial charge in [-0.15, -0.1) is 0 Å². The molecule has 0 bridgehead atoms. The lowest BCUT2D eigenvalue weighted by Gasteiger charge is -2.22. The molecule has 0 aromatic rings. The van der Waals surface area contributed by atoms with Gasteiger partial charge in [0.25, 0.3) is 0 Å². The van der Waals surface area contributed by atoms with Gasteiger partial charge in [0.1, 0.15) is 12.1 Å². The maximum Gasteiger partial charge on any atom is 0.326 e. The van der Waals surface area contributed by atoms with Crippen LogP contribution in [0.4, 0.5) is 0 Å². The molecule has 1 heterocycles. The van der Waals surface area contributed by atoms with Crippen LogP contribution >= 0.6 is 0 Å². The predicted molar refractivity (Wildman–Crippen MR) is 92.3 cm³/mol. The minimum Gasteiger partial charge on any atom is -0.481 e. The van der Waals surface area contributed by atoms with Crippen LogP contribution in [0, 0.1) is 0 Å². The van der Waals surface area contributed by atoms with Crippen LogP contribution in [0.2, 0.25) is 0 Å². The molecule has 3 unspecified atom stereocenters. The van der Waals surface area contributed by atoms with E-state index in [0.29, 0.717) is 32.2 Å². The average molecular weight is 372 g/mol. The lowest BCUT2D eigenvalue weighted by molar-refractivity contribution is -0.143. The van der Waals surface area contributed by atoms with E-state index >= 15 is 0 Å². The molecule has 10 heteroatoms. The summed E-state index contributed by atoms with van der Waals surface area (Å²) in [5.41, 5.74) is 5.45. The highest BCUT2D eigenvalue weighted by atomic mass is 16.4. The van der Waals surface area contributed by atoms with Crippen molar-refractivity contribution in [2.45, 2.75) is 63.1 Å². The molecule has 10 nitrogen and oxygen atoms in total. The van der Waals surface area contributed by atoms with Gasteiger partial charge in [-0.2, -0.15) is 0 Å². The molecule has 148 valence electrons. The number of amides is 2. The fraction of sp³-hybridized carbons (Fsp3) is 0.750. The Morgan fingerprint density at radius 3 is 2.35 bits per heavy atom. The van der Waals surface area contributed by atoms with Crippen LogP contribution < -0.4 is 21.7 Å². The second kappa shape index (κ2) is 11.4. The van der Waals surface area contributed by atoms with Gasteiger partial charge in [-0.1, -0.05) is 0 Å². The van der Waals surface area contributed by atoms with Gasteiger partial charge >= 0.3 is 11.9 Å². The largest absolute Gasteiger partial charge is 0.481 e. The number of carboxylic acids is 2. The Morgan fingerprint density at radius 1 is 1.08 bits per heavy atom. The Kier molecular flexibility index (Phi) is 9.60. The van der Waals surface area contributed by atoms with Crippen molar-refractivity contribution in [2.75, 3.05) is 13.1 Å². The van der Waals surface area contributed by atoms with E-state index in [9.17, 15) is 19.2 Å². The van der Waals surface area contributed by atoms with Crippen LogP contribution in [0.25, 0.3) is 0 Å². The van der Waals surface area contributed by atoms with Gasteiger partial charge in [0.15, 0.2) is 0 Å². The Balaban J connectivity index is 2.69. The van der Waals surface area contributed by atoms with Crippen LogP contribution in [-0.4, -0.2) is 65.2 Å². The van der Waals surface area contributed by atoms with Gasteiger partial charge in [0, 0.05) is 6.42 Å². The number of carbonyl (C=O) groups is 4. The smallest absolute Gasteiger partial charge is 0.326 e. The maximum atomic E-state index is 12.5. The summed E-state index contributed by atoms with van der Waals surface area (Å²) in [6.45, 7) is 1.18. The number of hydrogen-bond donors (Lipinski definition) is 6. The summed E-state index contributed by atoms with van der Waals surface area (Å²) in [5, 5.41) is 25.9. The first-order valence-electron chi connectivity index (χ1n) is 8.84. The van der Waals surface area contributed by atoms with E-state index in [1.807, 2.05) is 0 Å². The molecular formula is C16H28N4O6. The van der Waals surface area contributed by atoms with Crippen molar-refractivity contribution in [3.63, 3.8) is 0 Å². The Hall–Kier alpha value is -2.20. The van der Waals surface area contributed by atoms with Crippen molar-refractivity contribution >= 4 is 23.8 Å². The quantitative estimate of drug-likeness (QED) is 0.232. The first-order valence-corrected chi connectivity index (χ1v) is 8.84. The summed E-state index contributed by atoms with van der Waals surface area (Å²) in [4.78, 5) is 46.6. The van der Waals surface area contributed by atoms with E-state index in [4.69, 9.17) is 15.9 Å². The highest BCUT2D eigenvalue weighted by Gasteiger charge is 2.29. The molecule has 26 heavy (non-hydrogen) atoms. The van der Waals surface area contributed by atoms with Gasteiger partial charge in [-0.05, 0) is 51.6 Å². The lowest BCUT2D eigenvalue weighted by atomic mass is 10.1. The predicted octanol–water partition coefficient (Wildman–Crippen LogP) is -1.21. The molecule has 1 fully saturated rings. The van der Waals surface area contributed by atoms with Gasteiger partial charge in [0.05, 0.1) is 6.04 Å². The van der Waals surface area contributed by atoms with E-state index in [2.05, 4.69) is 16.0 Å². The summed E-state index contributed by atoms with van der Waals surface area (Å²) < 4.78 is 0. The van der Waals surface area contributed by atoms with Gasteiger partial charge in [0.2, 0.25) is 11.8 Å². The first kappa shape index (κ1) is 21.8. The Morgan fingerprint density at radius 2 is 1.81 bits per heavy atom. The standard InChI is InChI=1S/C16H28N4O6/c17-8-2-1-4-11(19-14(23)10-5-3-9-18-10)15(24)20-12(16(25)26)6-7-13(21)22/h10-12,18H,1-9,17H2,(H,19,23)(H,20,24)(H,21,22)(H,25,26). The second-order valence-electron chi connectivity index (χ2n) is 6.33. The third-order valence-electron chi connectivity index (χ3n) is 4.22. The molecule has 3 atom stereocenters. The maximum absolute atomic E-state index is 12.5. The number of rotatable bonds is 12. The zero-order valence-electron chi connectivity index (χ0n) is 14.7. The summed E-state index contributed by atoms with van der Waals surface area (Å²) in [6.07, 6.45) is 2.53. The summed E-state index contributed by atoms with van der Waals surface area (Å²) in [7, 11) is 0. The van der Waals surface area contributed by atoms with Crippen LogP contribution in [-0.2, 0) is 19.2 Å². The SMILES string of the molecule is NCCCCC(NC(=O)C1CCCN1)C(=O)NC(CCC(=O)O)C(=O)O. The van der Waals surface area contributed by atoms with E-state index in [1.54, 1.807) is 0 Å². The summed E-state index contributed by atoms with van der Waals surface area (Å²) in [6, 6.07) is -2.57. The number of hydrogen-bond acceptors (Lipinski definition) is 6. The summed E-state index contributed by atoms with van der Waals surface area (Å²) in [5.74, 6) is -3.39. The first-order chi connectivity index (χ1) is 12.3. The third kappa shape index (κ3) is 7.79. The number of aliphatic carboxylic acids is 2. The third-order valence-corrected chi connectivity index (χ3v) is 4.22.